The van der Waals surface area contributed by atoms with Crippen molar-refractivity contribution in [2.45, 2.75) is 6.92 Å². The summed E-state index contributed by atoms with van der Waals surface area (Å²) in [7, 11) is 1.61. The quantitative estimate of drug-likeness (QED) is 0.569. The summed E-state index contributed by atoms with van der Waals surface area (Å²) in [6, 6.07) is 9.09. The van der Waals surface area contributed by atoms with E-state index in [1.54, 1.807) is 31.4 Å². The first-order chi connectivity index (χ1) is 11.9. The highest BCUT2D eigenvalue weighted by Gasteiger charge is 2.54. The number of ether oxygens (including phenoxy) is 1. The Morgan fingerprint density at radius 1 is 1.12 bits per heavy atom. The number of nitrogens with zero attached hydrogens (tertiary/aromatic N) is 2. The van der Waals surface area contributed by atoms with Crippen LogP contribution in [0.5, 0.6) is 5.75 Å². The first-order valence-electron chi connectivity index (χ1n) is 7.65. The number of hydrogen-bond acceptors (Lipinski definition) is 1. The van der Waals surface area contributed by atoms with Crippen LogP contribution in [0.4, 0.5) is 8.63 Å². The molecule has 2 aliphatic heterocycles. The van der Waals surface area contributed by atoms with Crippen LogP contribution in [0.2, 0.25) is 0 Å². The Labute approximate surface area is 160 Å². The number of allylic oxidation sites excluding steroid dienone is 2. The minimum Gasteiger partial charge on any atom is -0.496 e. The van der Waals surface area contributed by atoms with Gasteiger partial charge in [0, 0.05) is 33.8 Å². The lowest BCUT2D eigenvalue weighted by atomic mass is 9.86. The second-order valence-corrected chi connectivity index (χ2v) is 7.60. The van der Waals surface area contributed by atoms with Gasteiger partial charge in [-0.15, -0.1) is 0 Å². The van der Waals surface area contributed by atoms with Gasteiger partial charge in [-0.2, -0.15) is 0 Å². The monoisotopic (exact) mass is 468 g/mol. The molecule has 0 saturated heterocycles. The molecule has 4 rings (SSSR count). The SMILES string of the molecule is COc1ccc(C2=C3C=CC(Br)=[N+]3[B-](F)(F)n3c(Br)ccc32)cc1C. The first kappa shape index (κ1) is 16.8. The second kappa shape index (κ2) is 5.67. The summed E-state index contributed by atoms with van der Waals surface area (Å²) in [5.74, 6) is 0.767. The Morgan fingerprint density at radius 3 is 2.56 bits per heavy atom. The molecule has 0 N–H and O–H groups in total. The van der Waals surface area contributed by atoms with Crippen molar-refractivity contribution in [3.63, 3.8) is 0 Å². The smallest absolute Gasteiger partial charge is 0.496 e. The standard InChI is InChI=1S/C17H13BBr2F2N2O/c1-10-9-11(3-6-14(10)25-2)17-12-4-7-15(19)23(12)18(21,22)24-13(17)5-8-16(24)20/h3-9H,1-2H3. The van der Waals surface area contributed by atoms with E-state index in [4.69, 9.17) is 4.74 Å². The molecule has 1 aromatic carbocycles. The van der Waals surface area contributed by atoms with Crippen LogP contribution >= 0.6 is 31.9 Å². The first-order valence-corrected chi connectivity index (χ1v) is 9.23. The van der Waals surface area contributed by atoms with Crippen molar-refractivity contribution in [3.05, 3.63) is 69.6 Å². The number of hydrogen-bond donors (Lipinski definition) is 0. The summed E-state index contributed by atoms with van der Waals surface area (Å²) in [4.78, 5) is 0. The lowest BCUT2D eigenvalue weighted by Gasteiger charge is -2.32. The molecular weight excluding hydrogens is 457 g/mol. The molecule has 0 unspecified atom stereocenters. The predicted octanol–water partition coefficient (Wildman–Crippen LogP) is 4.94. The summed E-state index contributed by atoms with van der Waals surface area (Å²) in [6.07, 6.45) is 3.38. The topological polar surface area (TPSA) is 17.2 Å². The van der Waals surface area contributed by atoms with Crippen LogP contribution < -0.4 is 4.74 Å². The van der Waals surface area contributed by atoms with Crippen molar-refractivity contribution in [1.29, 1.82) is 0 Å². The minimum absolute atomic E-state index is 0.349. The van der Waals surface area contributed by atoms with Gasteiger partial charge in [0.15, 0.2) is 5.70 Å². The van der Waals surface area contributed by atoms with E-state index >= 15 is 8.63 Å². The molecule has 0 aliphatic carbocycles. The van der Waals surface area contributed by atoms with Crippen molar-refractivity contribution in [2.24, 2.45) is 0 Å². The molecule has 0 radical (unpaired) electrons. The van der Waals surface area contributed by atoms with E-state index in [9.17, 15) is 0 Å². The zero-order valence-electron chi connectivity index (χ0n) is 13.4. The van der Waals surface area contributed by atoms with Crippen molar-refractivity contribution in [3.8, 4) is 5.75 Å². The van der Waals surface area contributed by atoms with E-state index in [1.165, 1.54) is 0 Å². The molecule has 3 heterocycles. The Morgan fingerprint density at radius 2 is 1.88 bits per heavy atom. The van der Waals surface area contributed by atoms with E-state index in [0.29, 0.717) is 20.6 Å². The van der Waals surface area contributed by atoms with Crippen LogP contribution in [0.25, 0.3) is 5.57 Å². The molecule has 1 aromatic heterocycles. The molecular formula is C17H13BBr2F2N2O. The highest BCUT2D eigenvalue weighted by Crippen LogP contribution is 2.42. The molecule has 0 saturated carbocycles. The molecule has 0 amide bonds. The zero-order chi connectivity index (χ0) is 17.9. The van der Waals surface area contributed by atoms with Crippen LogP contribution in [0.15, 0.2) is 52.8 Å². The maximum Gasteiger partial charge on any atom is 0.738 e. The predicted molar refractivity (Wildman–Crippen MR) is 103 cm³/mol. The van der Waals surface area contributed by atoms with Gasteiger partial charge in [-0.05, 0) is 58.2 Å². The Bertz CT molecular complexity index is 1010. The maximum atomic E-state index is 15.2. The van der Waals surface area contributed by atoms with Gasteiger partial charge < -0.3 is 22.3 Å². The average molecular weight is 470 g/mol. The van der Waals surface area contributed by atoms with E-state index < -0.39 is 6.97 Å². The summed E-state index contributed by atoms with van der Waals surface area (Å²) < 4.78 is 38.5. The lowest BCUT2D eigenvalue weighted by molar-refractivity contribution is -0.358. The summed E-state index contributed by atoms with van der Waals surface area (Å²) >= 11 is 6.53. The van der Waals surface area contributed by atoms with Crippen molar-refractivity contribution in [2.75, 3.05) is 7.11 Å². The fraction of sp³-hybridized carbons (Fsp3) is 0.118. The van der Waals surface area contributed by atoms with Crippen molar-refractivity contribution >= 4 is 49.0 Å². The van der Waals surface area contributed by atoms with Gasteiger partial charge in [-0.3, -0.25) is 0 Å². The number of aryl methyl sites for hydroxylation is 1. The van der Waals surface area contributed by atoms with Gasteiger partial charge in [0.2, 0.25) is 4.62 Å². The van der Waals surface area contributed by atoms with Crippen molar-refractivity contribution in [1.82, 2.24) is 4.48 Å². The molecule has 2 aromatic rings. The number of halogens is 4. The Balaban J connectivity index is 2.06. The highest BCUT2D eigenvalue weighted by molar-refractivity contribution is 9.18. The third-order valence-corrected chi connectivity index (χ3v) is 5.85. The molecule has 0 bridgehead atoms. The molecule has 2 aliphatic rings. The molecule has 25 heavy (non-hydrogen) atoms. The number of fused-ring (bicyclic) bond motifs is 2. The normalized spacial score (nSPS) is 17.8. The third kappa shape index (κ3) is 2.30. The molecule has 0 fully saturated rings. The summed E-state index contributed by atoms with van der Waals surface area (Å²) in [5, 5.41) is 0. The van der Waals surface area contributed by atoms with Crippen LogP contribution in [0.3, 0.4) is 0 Å². The molecule has 128 valence electrons. The number of rotatable bonds is 2. The van der Waals surface area contributed by atoms with Gasteiger partial charge in [-0.25, -0.2) is 0 Å². The zero-order valence-corrected chi connectivity index (χ0v) is 16.6. The van der Waals surface area contributed by atoms with Gasteiger partial charge >= 0.3 is 6.97 Å². The largest absolute Gasteiger partial charge is 0.738 e. The second-order valence-electron chi connectivity index (χ2n) is 5.97. The van der Waals surface area contributed by atoms with Gasteiger partial charge in [0.05, 0.1) is 17.3 Å². The molecule has 8 heteroatoms. The number of methoxy groups -OCH3 is 1. The van der Waals surface area contributed by atoms with Crippen LogP contribution in [0, 0.1) is 6.92 Å². The fourth-order valence-electron chi connectivity index (χ4n) is 3.46. The number of aromatic nitrogens is 1. The van der Waals surface area contributed by atoms with E-state index in [2.05, 4.69) is 31.9 Å². The molecule has 0 spiro atoms. The minimum atomic E-state index is -3.99. The lowest BCUT2D eigenvalue weighted by Crippen LogP contribution is -2.50. The highest BCUT2D eigenvalue weighted by atomic mass is 79.9. The third-order valence-electron chi connectivity index (χ3n) is 4.55. The summed E-state index contributed by atoms with van der Waals surface area (Å²) in [5.41, 5.74) is 3.54. The fourth-order valence-corrected chi connectivity index (χ4v) is 4.60. The van der Waals surface area contributed by atoms with E-state index in [0.717, 1.165) is 31.4 Å². The van der Waals surface area contributed by atoms with Gasteiger partial charge in [0.1, 0.15) is 5.75 Å². The van der Waals surface area contributed by atoms with Gasteiger partial charge in [0.25, 0.3) is 0 Å². The van der Waals surface area contributed by atoms with Gasteiger partial charge in [-0.1, -0.05) is 6.07 Å². The van der Waals surface area contributed by atoms with Crippen LogP contribution in [-0.2, 0) is 0 Å². The van der Waals surface area contributed by atoms with Crippen LogP contribution in [-0.4, -0.2) is 27.7 Å². The Kier molecular flexibility index (Phi) is 3.81. The maximum absolute atomic E-state index is 15.2. The van der Waals surface area contributed by atoms with E-state index in [1.807, 2.05) is 25.1 Å². The summed E-state index contributed by atoms with van der Waals surface area (Å²) in [6.45, 7) is -2.05. The average Bonchev–Trinajstić information content (AvgIpc) is 3.13. The molecule has 3 nitrogen and oxygen atoms in total. The molecule has 0 atom stereocenters. The Hall–Kier alpha value is -1.67. The van der Waals surface area contributed by atoms with Crippen molar-refractivity contribution < 1.29 is 17.9 Å². The number of benzene rings is 1. The van der Waals surface area contributed by atoms with Crippen LogP contribution in [0.1, 0.15) is 16.8 Å². The van der Waals surface area contributed by atoms with E-state index in [-0.39, 0.29) is 0 Å².